The second-order valence-electron chi connectivity index (χ2n) is 4.88. The fourth-order valence-corrected chi connectivity index (χ4v) is 2.01. The van der Waals surface area contributed by atoms with Crippen molar-refractivity contribution in [2.45, 2.75) is 44.9 Å². The molecular weight excluding hydrogens is 249 g/mol. The Hall–Kier alpha value is -1.53. The zero-order valence-corrected chi connectivity index (χ0v) is 11.0. The fourth-order valence-electron chi connectivity index (χ4n) is 2.01. The third kappa shape index (κ3) is 3.27. The van der Waals surface area contributed by atoms with E-state index in [1.807, 2.05) is 6.92 Å². The maximum Gasteiger partial charge on any atom is 0.253 e. The number of aromatic nitrogens is 1. The number of carbonyl (C=O) groups excluding carboxylic acids is 1. The van der Waals surface area contributed by atoms with E-state index in [4.69, 9.17) is 10.5 Å². The largest absolute Gasteiger partial charge is 0.365 e. The molecule has 19 heavy (non-hydrogen) atoms. The van der Waals surface area contributed by atoms with Gasteiger partial charge in [-0.05, 0) is 32.8 Å². The number of hydrogen-bond acceptors (Lipinski definition) is 4. The molecule has 2 rings (SSSR count). The van der Waals surface area contributed by atoms with E-state index in [1.54, 1.807) is 6.92 Å². The summed E-state index contributed by atoms with van der Waals surface area (Å²) < 4.78 is 19.0. The maximum absolute atomic E-state index is 13.6. The van der Waals surface area contributed by atoms with Crippen LogP contribution in [0.3, 0.4) is 0 Å². The van der Waals surface area contributed by atoms with Crippen LogP contribution in [0.25, 0.3) is 0 Å². The molecule has 104 valence electrons. The number of anilines is 1. The number of hydrogen-bond donors (Lipinski definition) is 2. The van der Waals surface area contributed by atoms with Crippen LogP contribution in [-0.2, 0) is 9.53 Å². The molecule has 1 aromatic heterocycles. The van der Waals surface area contributed by atoms with Gasteiger partial charge in [-0.3, -0.25) is 9.78 Å². The summed E-state index contributed by atoms with van der Waals surface area (Å²) in [6, 6.07) is 1.13. The molecule has 6 heteroatoms. The summed E-state index contributed by atoms with van der Waals surface area (Å²) in [5.74, 6) is -0.908. The molecular formula is C13H18FN3O2. The third-order valence-corrected chi connectivity index (χ3v) is 3.13. The lowest BCUT2D eigenvalue weighted by Crippen LogP contribution is -2.28. The fraction of sp³-hybridized carbons (Fsp3) is 0.538. The number of carbonyl (C=O) groups is 1. The number of nitrogens with one attached hydrogen (secondary N) is 1. The van der Waals surface area contributed by atoms with E-state index in [2.05, 4.69) is 10.3 Å². The van der Waals surface area contributed by atoms with Gasteiger partial charge >= 0.3 is 0 Å². The zero-order valence-electron chi connectivity index (χ0n) is 11.0. The van der Waals surface area contributed by atoms with Crippen LogP contribution in [0.4, 0.5) is 10.1 Å². The monoisotopic (exact) mass is 267 g/mol. The van der Waals surface area contributed by atoms with Crippen molar-refractivity contribution in [2.75, 3.05) is 5.32 Å². The molecule has 2 heterocycles. The summed E-state index contributed by atoms with van der Waals surface area (Å²) in [5, 5.41) is 2.53. The van der Waals surface area contributed by atoms with Gasteiger partial charge in [0, 0.05) is 6.04 Å². The van der Waals surface area contributed by atoms with E-state index in [0.717, 1.165) is 12.6 Å². The molecule has 1 aliphatic rings. The standard InChI is InChI=1S/C13H18FN3O2/c1-7-3-4-12(19-7)13(18)17-11-5-10(8(2)15)16-6-9(11)14/h5-8,12H,3-4,15H2,1-2H3,(H,16,17,18). The average molecular weight is 267 g/mol. The van der Waals surface area contributed by atoms with Crippen LogP contribution < -0.4 is 11.1 Å². The minimum Gasteiger partial charge on any atom is -0.365 e. The molecule has 3 atom stereocenters. The third-order valence-electron chi connectivity index (χ3n) is 3.13. The molecule has 1 amide bonds. The first-order chi connectivity index (χ1) is 8.97. The number of amides is 1. The van der Waals surface area contributed by atoms with Gasteiger partial charge in [-0.1, -0.05) is 0 Å². The molecule has 0 aromatic carbocycles. The highest BCUT2D eigenvalue weighted by atomic mass is 19.1. The van der Waals surface area contributed by atoms with Gasteiger partial charge in [0.05, 0.1) is 23.7 Å². The van der Waals surface area contributed by atoms with Crippen molar-refractivity contribution < 1.29 is 13.9 Å². The summed E-state index contributed by atoms with van der Waals surface area (Å²) >= 11 is 0. The lowest BCUT2D eigenvalue weighted by atomic mass is 10.2. The van der Waals surface area contributed by atoms with Crippen LogP contribution >= 0.6 is 0 Å². The Morgan fingerprint density at radius 3 is 2.95 bits per heavy atom. The van der Waals surface area contributed by atoms with Gasteiger partial charge in [0.25, 0.3) is 5.91 Å². The van der Waals surface area contributed by atoms with E-state index in [-0.39, 0.29) is 23.7 Å². The summed E-state index contributed by atoms with van der Waals surface area (Å²) in [5.41, 5.74) is 6.30. The quantitative estimate of drug-likeness (QED) is 0.874. The van der Waals surface area contributed by atoms with E-state index in [0.29, 0.717) is 12.1 Å². The average Bonchev–Trinajstić information content (AvgIpc) is 2.78. The Labute approximate surface area is 111 Å². The highest BCUT2D eigenvalue weighted by Gasteiger charge is 2.28. The van der Waals surface area contributed by atoms with E-state index < -0.39 is 11.9 Å². The van der Waals surface area contributed by atoms with Crippen LogP contribution in [0.5, 0.6) is 0 Å². The van der Waals surface area contributed by atoms with Crippen LogP contribution in [0, 0.1) is 5.82 Å². The molecule has 3 unspecified atom stereocenters. The molecule has 1 aliphatic heterocycles. The minimum absolute atomic E-state index is 0.0673. The first kappa shape index (κ1) is 13.9. The predicted molar refractivity (Wildman–Crippen MR) is 69.0 cm³/mol. The van der Waals surface area contributed by atoms with Gasteiger partial charge < -0.3 is 15.8 Å². The lowest BCUT2D eigenvalue weighted by molar-refractivity contribution is -0.126. The summed E-state index contributed by atoms with van der Waals surface area (Å²) in [6.45, 7) is 3.65. The summed E-state index contributed by atoms with van der Waals surface area (Å²) in [7, 11) is 0. The number of nitrogens with two attached hydrogens (primary N) is 1. The van der Waals surface area contributed by atoms with Gasteiger partial charge in [-0.25, -0.2) is 4.39 Å². The smallest absolute Gasteiger partial charge is 0.253 e. The Balaban J connectivity index is 2.10. The van der Waals surface area contributed by atoms with Gasteiger partial charge in [-0.2, -0.15) is 0 Å². The van der Waals surface area contributed by atoms with Gasteiger partial charge in [-0.15, -0.1) is 0 Å². The van der Waals surface area contributed by atoms with E-state index in [1.165, 1.54) is 6.07 Å². The summed E-state index contributed by atoms with van der Waals surface area (Å²) in [6.07, 6.45) is 2.10. The highest BCUT2D eigenvalue weighted by molar-refractivity contribution is 5.94. The van der Waals surface area contributed by atoms with Crippen LogP contribution in [0.15, 0.2) is 12.3 Å². The molecule has 1 aromatic rings. The first-order valence-electron chi connectivity index (χ1n) is 6.34. The normalized spacial score (nSPS) is 24.2. The molecule has 0 bridgehead atoms. The highest BCUT2D eigenvalue weighted by Crippen LogP contribution is 2.22. The zero-order chi connectivity index (χ0) is 14.0. The molecule has 1 saturated heterocycles. The van der Waals surface area contributed by atoms with E-state index >= 15 is 0 Å². The predicted octanol–water partition coefficient (Wildman–Crippen LogP) is 1.75. The van der Waals surface area contributed by atoms with Crippen molar-refractivity contribution in [3.05, 3.63) is 23.8 Å². The summed E-state index contributed by atoms with van der Waals surface area (Å²) in [4.78, 5) is 15.8. The molecule has 5 nitrogen and oxygen atoms in total. The van der Waals surface area contributed by atoms with Gasteiger partial charge in [0.2, 0.25) is 0 Å². The van der Waals surface area contributed by atoms with E-state index in [9.17, 15) is 9.18 Å². The van der Waals surface area contributed by atoms with Crippen molar-refractivity contribution in [3.8, 4) is 0 Å². The number of halogens is 1. The van der Waals surface area contributed by atoms with Crippen molar-refractivity contribution in [3.63, 3.8) is 0 Å². The topological polar surface area (TPSA) is 77.2 Å². The number of nitrogens with zero attached hydrogens (tertiary/aromatic N) is 1. The Bertz CT molecular complexity index is 479. The maximum atomic E-state index is 13.6. The second-order valence-corrected chi connectivity index (χ2v) is 4.88. The molecule has 3 N–H and O–H groups in total. The Morgan fingerprint density at radius 1 is 1.63 bits per heavy atom. The van der Waals surface area contributed by atoms with Crippen molar-refractivity contribution in [1.29, 1.82) is 0 Å². The SMILES string of the molecule is CC1CCC(C(=O)Nc2cc(C(C)N)ncc2F)O1. The first-order valence-corrected chi connectivity index (χ1v) is 6.34. The van der Waals surface area contributed by atoms with Gasteiger partial charge in [0.1, 0.15) is 6.10 Å². The Morgan fingerprint density at radius 2 is 2.37 bits per heavy atom. The second kappa shape index (κ2) is 5.63. The minimum atomic E-state index is -0.580. The molecule has 0 radical (unpaired) electrons. The van der Waals surface area contributed by atoms with Gasteiger partial charge in [0.15, 0.2) is 5.82 Å². The number of rotatable bonds is 3. The lowest BCUT2D eigenvalue weighted by Gasteiger charge is -2.13. The van der Waals surface area contributed by atoms with Crippen LogP contribution in [0.2, 0.25) is 0 Å². The molecule has 1 fully saturated rings. The molecule has 0 saturated carbocycles. The Kier molecular flexibility index (Phi) is 4.11. The van der Waals surface area contributed by atoms with Crippen molar-refractivity contribution in [1.82, 2.24) is 4.98 Å². The van der Waals surface area contributed by atoms with Crippen LogP contribution in [-0.4, -0.2) is 23.1 Å². The molecule has 0 spiro atoms. The number of pyridine rings is 1. The number of ether oxygens (including phenoxy) is 1. The van der Waals surface area contributed by atoms with Crippen LogP contribution in [0.1, 0.15) is 38.4 Å². The van der Waals surface area contributed by atoms with Crippen molar-refractivity contribution in [2.24, 2.45) is 5.73 Å². The molecule has 0 aliphatic carbocycles. The van der Waals surface area contributed by atoms with Crippen molar-refractivity contribution >= 4 is 11.6 Å².